The van der Waals surface area contributed by atoms with Crippen molar-refractivity contribution in [3.63, 3.8) is 0 Å². The van der Waals surface area contributed by atoms with Crippen LogP contribution in [0, 0.1) is 17.6 Å². The molecule has 0 amide bonds. The molecule has 1 atom stereocenters. The first kappa shape index (κ1) is 25.3. The zero-order chi connectivity index (χ0) is 26.6. The number of benzene rings is 1. The molecule has 0 bridgehead atoms. The molecule has 0 radical (unpaired) electrons. The normalized spacial score (nSPS) is 17.5. The van der Waals surface area contributed by atoms with Crippen LogP contribution in [-0.4, -0.2) is 45.3 Å². The Morgan fingerprint density at radius 2 is 1.87 bits per heavy atom. The summed E-state index contributed by atoms with van der Waals surface area (Å²) >= 11 is 12.5. The second-order valence-corrected chi connectivity index (χ2v) is 11.3. The number of fused-ring (bicyclic) bond motifs is 1. The maximum atomic E-state index is 15.2. The molecule has 0 unspecified atom stereocenters. The number of anilines is 1. The molecule has 2 fully saturated rings. The van der Waals surface area contributed by atoms with E-state index in [1.807, 2.05) is 4.90 Å². The predicted molar refractivity (Wildman–Crippen MR) is 144 cm³/mol. The van der Waals surface area contributed by atoms with Crippen molar-refractivity contribution in [2.75, 3.05) is 24.5 Å². The number of nitrogens with zero attached hydrogens (tertiary/aromatic N) is 4. The van der Waals surface area contributed by atoms with E-state index in [0.717, 1.165) is 12.5 Å². The third-order valence-electron chi connectivity index (χ3n) is 7.20. The largest absolute Gasteiger partial charge is 0.483 e. The highest BCUT2D eigenvalue weighted by Crippen LogP contribution is 2.37. The number of ether oxygens (including phenoxy) is 1. The first-order valence-electron chi connectivity index (χ1n) is 12.5. The third-order valence-corrected chi connectivity index (χ3v) is 7.81. The summed E-state index contributed by atoms with van der Waals surface area (Å²) in [7, 11) is 0. The van der Waals surface area contributed by atoms with Crippen molar-refractivity contribution in [3.05, 3.63) is 64.0 Å². The lowest BCUT2D eigenvalue weighted by Crippen LogP contribution is -2.68. The fourth-order valence-electron chi connectivity index (χ4n) is 4.95. The van der Waals surface area contributed by atoms with Gasteiger partial charge < -0.3 is 15.0 Å². The van der Waals surface area contributed by atoms with Crippen LogP contribution in [0.5, 0.6) is 5.75 Å². The average Bonchev–Trinajstić information content (AvgIpc) is 3.60. The molecular formula is C27H26Cl2F2N6O. The molecule has 4 aromatic rings. The molecular weight excluding hydrogens is 533 g/mol. The number of aromatic nitrogens is 4. The Morgan fingerprint density at radius 1 is 1.13 bits per heavy atom. The monoisotopic (exact) mass is 558 g/mol. The summed E-state index contributed by atoms with van der Waals surface area (Å²) in [4.78, 5) is 10.3. The van der Waals surface area contributed by atoms with Crippen LogP contribution in [-0.2, 0) is 0 Å². The second-order valence-electron chi connectivity index (χ2n) is 10.4. The molecule has 2 N–H and O–H groups in total. The van der Waals surface area contributed by atoms with Crippen molar-refractivity contribution in [1.29, 1.82) is 0 Å². The van der Waals surface area contributed by atoms with Crippen LogP contribution >= 0.6 is 23.2 Å². The van der Waals surface area contributed by atoms with E-state index in [4.69, 9.17) is 27.9 Å². The minimum Gasteiger partial charge on any atom is -0.483 e. The van der Waals surface area contributed by atoms with E-state index in [1.54, 1.807) is 13.1 Å². The summed E-state index contributed by atoms with van der Waals surface area (Å²) in [5, 5.41) is 11.9. The van der Waals surface area contributed by atoms with Gasteiger partial charge in [-0.15, -0.1) is 0 Å². The van der Waals surface area contributed by atoms with E-state index >= 15 is 4.39 Å². The van der Waals surface area contributed by atoms with Crippen molar-refractivity contribution in [3.8, 4) is 17.0 Å². The molecule has 6 rings (SSSR count). The molecule has 1 saturated heterocycles. The Labute approximate surface area is 228 Å². The minimum atomic E-state index is -0.653. The molecule has 38 heavy (non-hydrogen) atoms. The van der Waals surface area contributed by atoms with Crippen LogP contribution in [0.25, 0.3) is 22.2 Å². The Morgan fingerprint density at radius 3 is 2.55 bits per heavy atom. The number of halogens is 4. The van der Waals surface area contributed by atoms with Gasteiger partial charge in [0.25, 0.3) is 0 Å². The number of aromatic amines is 1. The minimum absolute atomic E-state index is 0.0137. The molecule has 7 nitrogen and oxygen atoms in total. The van der Waals surface area contributed by atoms with Crippen molar-refractivity contribution in [2.45, 2.75) is 38.3 Å². The summed E-state index contributed by atoms with van der Waals surface area (Å²) in [5.41, 5.74) is 1.83. The Kier molecular flexibility index (Phi) is 6.40. The first-order chi connectivity index (χ1) is 18.2. The maximum absolute atomic E-state index is 15.2. The highest BCUT2D eigenvalue weighted by atomic mass is 35.5. The van der Waals surface area contributed by atoms with Crippen molar-refractivity contribution in [1.82, 2.24) is 25.5 Å². The van der Waals surface area contributed by atoms with Crippen LogP contribution in [0.1, 0.15) is 38.4 Å². The van der Waals surface area contributed by atoms with E-state index in [0.29, 0.717) is 56.7 Å². The van der Waals surface area contributed by atoms with E-state index in [9.17, 15) is 4.39 Å². The SMILES string of the molecule is C[C@@H](Oc1cc2c(-c3cnc(N4CC(C)(NCC5CC5)C4)c(F)c3)n[nH]c2cc1F)c1c(Cl)cncc1Cl. The molecule has 1 aliphatic carbocycles. The quantitative estimate of drug-likeness (QED) is 0.263. The Bertz CT molecular complexity index is 1500. The summed E-state index contributed by atoms with van der Waals surface area (Å²) in [5.74, 6) is 0.0655. The number of rotatable bonds is 8. The highest BCUT2D eigenvalue weighted by Gasteiger charge is 2.41. The van der Waals surface area contributed by atoms with Gasteiger partial charge in [0, 0.05) is 54.3 Å². The van der Waals surface area contributed by atoms with E-state index < -0.39 is 17.7 Å². The van der Waals surface area contributed by atoms with Gasteiger partial charge in [-0.05, 0) is 51.3 Å². The van der Waals surface area contributed by atoms with E-state index in [-0.39, 0.29) is 11.3 Å². The van der Waals surface area contributed by atoms with Crippen molar-refractivity contribution in [2.24, 2.45) is 5.92 Å². The second kappa shape index (κ2) is 9.63. The summed E-state index contributed by atoms with van der Waals surface area (Å²) in [6.45, 7) is 6.27. The highest BCUT2D eigenvalue weighted by molar-refractivity contribution is 6.35. The van der Waals surface area contributed by atoms with Crippen LogP contribution in [0.2, 0.25) is 10.0 Å². The number of pyridine rings is 2. The van der Waals surface area contributed by atoms with Crippen LogP contribution in [0.15, 0.2) is 36.8 Å². The molecule has 3 aromatic heterocycles. The van der Waals surface area contributed by atoms with Crippen molar-refractivity contribution < 1.29 is 13.5 Å². The summed E-state index contributed by atoms with van der Waals surface area (Å²) in [6, 6.07) is 4.23. The van der Waals surface area contributed by atoms with Gasteiger partial charge in [0.15, 0.2) is 23.2 Å². The number of H-pyrrole nitrogens is 1. The summed E-state index contributed by atoms with van der Waals surface area (Å²) in [6.07, 6.45) is 6.42. The zero-order valence-electron chi connectivity index (χ0n) is 20.9. The van der Waals surface area contributed by atoms with Crippen molar-refractivity contribution >= 4 is 39.9 Å². The molecule has 0 spiro atoms. The Hall–Kier alpha value is -3.01. The molecule has 1 saturated carbocycles. The lowest BCUT2D eigenvalue weighted by molar-refractivity contribution is 0.217. The Balaban J connectivity index is 1.23. The molecule has 198 valence electrons. The third kappa shape index (κ3) is 4.79. The van der Waals surface area contributed by atoms with Crippen LogP contribution in [0.3, 0.4) is 0 Å². The molecule has 1 aliphatic heterocycles. The smallest absolute Gasteiger partial charge is 0.167 e. The van der Waals surface area contributed by atoms with E-state index in [2.05, 4.69) is 32.4 Å². The fraction of sp³-hybridized carbons (Fsp3) is 0.370. The summed E-state index contributed by atoms with van der Waals surface area (Å²) < 4.78 is 36.0. The molecule has 1 aromatic carbocycles. The predicted octanol–water partition coefficient (Wildman–Crippen LogP) is 6.32. The van der Waals surface area contributed by atoms with Gasteiger partial charge in [-0.1, -0.05) is 23.2 Å². The molecule has 4 heterocycles. The molecule has 11 heteroatoms. The zero-order valence-corrected chi connectivity index (χ0v) is 22.4. The lowest BCUT2D eigenvalue weighted by atomic mass is 9.92. The van der Waals surface area contributed by atoms with Gasteiger partial charge in [0.1, 0.15) is 11.8 Å². The standard InChI is InChI=1S/C27H26Cl2F2N6O/c1-14(24-18(28)10-32-11-19(24)29)38-23-6-17-22(7-20(23)30)35-36-25(17)16-5-21(31)26(33-9-16)37-12-27(2,13-37)34-8-15-3-4-15/h5-7,9-11,14-15,34H,3-4,8,12-13H2,1-2H3,(H,35,36)/t14-/m1/s1. The first-order valence-corrected chi connectivity index (χ1v) is 13.3. The van der Waals surface area contributed by atoms with E-state index in [1.165, 1.54) is 43.4 Å². The topological polar surface area (TPSA) is 79.0 Å². The molecule has 2 aliphatic rings. The van der Waals surface area contributed by atoms with Crippen LogP contribution < -0.4 is 15.0 Å². The number of nitrogens with one attached hydrogen (secondary N) is 2. The van der Waals surface area contributed by atoms with Gasteiger partial charge in [0.05, 0.1) is 21.1 Å². The van der Waals surface area contributed by atoms with Crippen LogP contribution in [0.4, 0.5) is 14.6 Å². The number of hydrogen-bond donors (Lipinski definition) is 2. The van der Waals surface area contributed by atoms with Gasteiger partial charge in [0.2, 0.25) is 0 Å². The van der Waals surface area contributed by atoms with Gasteiger partial charge >= 0.3 is 0 Å². The average molecular weight is 559 g/mol. The van der Waals surface area contributed by atoms with Gasteiger partial charge in [-0.25, -0.2) is 13.8 Å². The lowest BCUT2D eigenvalue weighted by Gasteiger charge is -2.49. The van der Waals surface area contributed by atoms with Gasteiger partial charge in [-0.2, -0.15) is 5.10 Å². The van der Waals surface area contributed by atoms with Gasteiger partial charge in [-0.3, -0.25) is 10.1 Å². The number of hydrogen-bond acceptors (Lipinski definition) is 6. The fourth-order valence-corrected chi connectivity index (χ4v) is 5.62. The maximum Gasteiger partial charge on any atom is 0.167 e.